The summed E-state index contributed by atoms with van der Waals surface area (Å²) in [7, 11) is -4.90. The van der Waals surface area contributed by atoms with Crippen LogP contribution in [0.3, 0.4) is 0 Å². The van der Waals surface area contributed by atoms with E-state index < -0.39 is 17.4 Å². The highest BCUT2D eigenvalue weighted by atomic mass is 79.9. The van der Waals surface area contributed by atoms with Gasteiger partial charge in [-0.05, 0) is 53.1 Å². The second-order valence-corrected chi connectivity index (χ2v) is 12.3. The first kappa shape index (κ1) is 24.7. The normalized spacial score (nSPS) is 12.8. The Morgan fingerprint density at radius 3 is 1.42 bits per heavy atom. The number of rotatable bonds is 17. The summed E-state index contributed by atoms with van der Waals surface area (Å²) in [5.41, 5.74) is 0. The third-order valence-electron chi connectivity index (χ3n) is 3.66. The maximum Gasteiger partial charge on any atom is 0.500 e. The molecule has 0 radical (unpaired) electrons. The molecular weight excluding hydrogens is 408 g/mol. The van der Waals surface area contributed by atoms with Gasteiger partial charge in [0.05, 0.1) is 0 Å². The van der Waals surface area contributed by atoms with Crippen LogP contribution >= 0.6 is 15.9 Å². The Morgan fingerprint density at radius 2 is 1.04 bits per heavy atom. The number of halogens is 1. The Morgan fingerprint density at radius 1 is 0.583 bits per heavy atom. The summed E-state index contributed by atoms with van der Waals surface area (Å²) < 4.78 is 30.4. The molecule has 0 aromatic carbocycles. The number of unbranched alkanes of at least 4 members (excludes halogenated alkanes) is 1. The predicted molar refractivity (Wildman–Crippen MR) is 107 cm³/mol. The lowest BCUT2D eigenvalue weighted by molar-refractivity contribution is 0.0711. The standard InChI is InChI=1S/C16H37BrO5Si2/c1-6-18-23(19-7-2,14-12-11-13-17)15-16-24(20-8-3,21-9-4)22-10-5/h6-16H2,1-5H3. The van der Waals surface area contributed by atoms with Gasteiger partial charge >= 0.3 is 17.4 Å². The van der Waals surface area contributed by atoms with E-state index in [1.807, 2.05) is 34.6 Å². The van der Waals surface area contributed by atoms with E-state index in [2.05, 4.69) is 15.9 Å². The fourth-order valence-corrected chi connectivity index (χ4v) is 10.7. The summed E-state index contributed by atoms with van der Waals surface area (Å²) in [6.07, 6.45) is 2.25. The molecule has 0 aromatic rings. The van der Waals surface area contributed by atoms with Crippen LogP contribution in [0.25, 0.3) is 0 Å². The van der Waals surface area contributed by atoms with Crippen molar-refractivity contribution in [2.45, 2.75) is 65.6 Å². The van der Waals surface area contributed by atoms with Crippen LogP contribution in [-0.4, -0.2) is 55.7 Å². The molecular formula is C16H37BrO5Si2. The molecule has 0 N–H and O–H groups in total. The van der Waals surface area contributed by atoms with Gasteiger partial charge in [0.15, 0.2) is 0 Å². The van der Waals surface area contributed by atoms with E-state index >= 15 is 0 Å². The first-order valence-electron chi connectivity index (χ1n) is 9.33. The molecule has 0 aliphatic rings. The molecule has 0 unspecified atom stereocenters. The molecule has 146 valence electrons. The highest BCUT2D eigenvalue weighted by Gasteiger charge is 2.46. The average molecular weight is 446 g/mol. The Labute approximate surface area is 159 Å². The van der Waals surface area contributed by atoms with Crippen molar-refractivity contribution in [2.24, 2.45) is 0 Å². The molecule has 0 rings (SSSR count). The molecule has 0 aliphatic carbocycles. The third-order valence-corrected chi connectivity index (χ3v) is 11.5. The minimum Gasteiger partial charge on any atom is -0.394 e. The minimum atomic E-state index is -2.65. The van der Waals surface area contributed by atoms with Crippen LogP contribution in [-0.2, 0) is 22.1 Å². The maximum atomic E-state index is 6.20. The molecule has 5 nitrogen and oxygen atoms in total. The van der Waals surface area contributed by atoms with E-state index in [-0.39, 0.29) is 0 Å². The van der Waals surface area contributed by atoms with Crippen molar-refractivity contribution in [1.82, 2.24) is 0 Å². The minimum absolute atomic E-state index is 0.605. The molecule has 24 heavy (non-hydrogen) atoms. The molecule has 0 aromatic heterocycles. The third kappa shape index (κ3) is 9.42. The fourth-order valence-electron chi connectivity index (χ4n) is 2.82. The molecule has 0 saturated heterocycles. The van der Waals surface area contributed by atoms with Gasteiger partial charge in [0.2, 0.25) is 0 Å². The van der Waals surface area contributed by atoms with Gasteiger partial charge in [0.25, 0.3) is 0 Å². The summed E-state index contributed by atoms with van der Waals surface area (Å²) in [6.45, 7) is 13.3. The van der Waals surface area contributed by atoms with Crippen LogP contribution in [0.1, 0.15) is 47.5 Å². The van der Waals surface area contributed by atoms with Crippen LogP contribution < -0.4 is 0 Å². The van der Waals surface area contributed by atoms with Crippen molar-refractivity contribution in [2.75, 3.05) is 38.4 Å². The van der Waals surface area contributed by atoms with Gasteiger partial charge in [-0.25, -0.2) is 0 Å². The first-order valence-corrected chi connectivity index (χ1v) is 14.6. The van der Waals surface area contributed by atoms with E-state index in [1.165, 1.54) is 0 Å². The van der Waals surface area contributed by atoms with Gasteiger partial charge in [-0.3, -0.25) is 0 Å². The Kier molecular flexibility index (Phi) is 15.3. The van der Waals surface area contributed by atoms with Gasteiger partial charge in [0.1, 0.15) is 0 Å². The van der Waals surface area contributed by atoms with E-state index in [9.17, 15) is 0 Å². The van der Waals surface area contributed by atoms with Gasteiger partial charge < -0.3 is 22.1 Å². The summed E-state index contributed by atoms with van der Waals surface area (Å²) in [6, 6.07) is 2.64. The molecule has 8 heteroatoms. The zero-order chi connectivity index (χ0) is 18.3. The van der Waals surface area contributed by atoms with Gasteiger partial charge in [0, 0.05) is 44.4 Å². The predicted octanol–water partition coefficient (Wildman–Crippen LogP) is 4.73. The number of hydrogen-bond donors (Lipinski definition) is 0. The van der Waals surface area contributed by atoms with Crippen LogP contribution in [0, 0.1) is 0 Å². The van der Waals surface area contributed by atoms with Crippen molar-refractivity contribution in [1.29, 1.82) is 0 Å². The number of alkyl halides is 1. The molecule has 0 heterocycles. The summed E-state index contributed by atoms with van der Waals surface area (Å²) in [5, 5.41) is 1.02. The fraction of sp³-hybridized carbons (Fsp3) is 1.00. The molecule has 0 amide bonds. The van der Waals surface area contributed by atoms with Crippen molar-refractivity contribution in [3.8, 4) is 0 Å². The van der Waals surface area contributed by atoms with Crippen molar-refractivity contribution in [3.05, 3.63) is 0 Å². The molecule has 0 fully saturated rings. The Balaban J connectivity index is 5.10. The SMILES string of the molecule is CCO[Si](CCCCBr)(CC[Si](OCC)(OCC)OCC)OCC. The topological polar surface area (TPSA) is 46.2 Å². The molecule has 0 spiro atoms. The molecule has 0 bridgehead atoms. The van der Waals surface area contributed by atoms with Crippen molar-refractivity contribution in [3.63, 3.8) is 0 Å². The first-order chi connectivity index (χ1) is 11.6. The van der Waals surface area contributed by atoms with Crippen LogP contribution in [0.5, 0.6) is 0 Å². The van der Waals surface area contributed by atoms with Crippen LogP contribution in [0.2, 0.25) is 18.1 Å². The Bertz CT molecular complexity index is 275. The quantitative estimate of drug-likeness (QED) is 0.184. The molecule has 0 atom stereocenters. The molecule has 0 saturated carbocycles. The maximum absolute atomic E-state index is 6.20. The highest BCUT2D eigenvalue weighted by Crippen LogP contribution is 2.29. The van der Waals surface area contributed by atoms with Gasteiger partial charge in [-0.15, -0.1) is 0 Å². The smallest absolute Gasteiger partial charge is 0.394 e. The zero-order valence-electron chi connectivity index (χ0n) is 16.2. The summed E-state index contributed by atoms with van der Waals surface area (Å²) in [5.74, 6) is 0. The van der Waals surface area contributed by atoms with Crippen LogP contribution in [0.4, 0.5) is 0 Å². The molecule has 0 aliphatic heterocycles. The van der Waals surface area contributed by atoms with Gasteiger partial charge in [-0.1, -0.05) is 22.4 Å². The second kappa shape index (κ2) is 14.8. The summed E-state index contributed by atoms with van der Waals surface area (Å²) in [4.78, 5) is 0. The average Bonchev–Trinajstić information content (AvgIpc) is 2.55. The van der Waals surface area contributed by atoms with E-state index in [0.717, 1.165) is 36.3 Å². The van der Waals surface area contributed by atoms with E-state index in [4.69, 9.17) is 22.1 Å². The second-order valence-electron chi connectivity index (χ2n) is 5.40. The van der Waals surface area contributed by atoms with Gasteiger partial charge in [-0.2, -0.15) is 0 Å². The number of hydrogen-bond acceptors (Lipinski definition) is 5. The van der Waals surface area contributed by atoms with Crippen molar-refractivity contribution < 1.29 is 22.1 Å². The largest absolute Gasteiger partial charge is 0.500 e. The van der Waals surface area contributed by atoms with Crippen molar-refractivity contribution >= 4 is 33.3 Å². The van der Waals surface area contributed by atoms with E-state index in [1.54, 1.807) is 0 Å². The van der Waals surface area contributed by atoms with E-state index in [0.29, 0.717) is 33.0 Å². The Hall–Kier alpha value is 0.714. The lowest BCUT2D eigenvalue weighted by Crippen LogP contribution is -2.50. The highest BCUT2D eigenvalue weighted by molar-refractivity contribution is 9.09. The lowest BCUT2D eigenvalue weighted by Gasteiger charge is -2.34. The zero-order valence-corrected chi connectivity index (χ0v) is 19.8. The van der Waals surface area contributed by atoms with Crippen LogP contribution in [0.15, 0.2) is 0 Å². The monoisotopic (exact) mass is 444 g/mol. The lowest BCUT2D eigenvalue weighted by atomic mass is 10.4. The summed E-state index contributed by atoms with van der Waals surface area (Å²) >= 11 is 3.51.